The van der Waals surface area contributed by atoms with Gasteiger partial charge in [-0.15, -0.1) is 0 Å². The summed E-state index contributed by atoms with van der Waals surface area (Å²) < 4.78 is 50.0. The summed E-state index contributed by atoms with van der Waals surface area (Å²) in [7, 11) is -2.72. The molecule has 2 atom stereocenters. The van der Waals surface area contributed by atoms with Gasteiger partial charge in [0.15, 0.2) is 0 Å². The highest BCUT2D eigenvalue weighted by Gasteiger charge is 2.43. The molecular weight excluding hydrogens is 375 g/mol. The van der Waals surface area contributed by atoms with Crippen LogP contribution in [0.1, 0.15) is 6.42 Å². The van der Waals surface area contributed by atoms with Crippen molar-refractivity contribution in [2.75, 3.05) is 13.7 Å². The van der Waals surface area contributed by atoms with E-state index in [0.717, 1.165) is 4.31 Å². The molecule has 1 saturated heterocycles. The Labute approximate surface area is 156 Å². The first-order valence-corrected chi connectivity index (χ1v) is 9.64. The Balaban J connectivity index is 1.80. The molecule has 0 amide bonds. The SMILES string of the molecule is COC(=O)[C@H]1C[C@H](N)CN1S(=O)(=O)c1ccc(Oc2ccc(F)cc2)cc1. The number of halogens is 1. The highest BCUT2D eigenvalue weighted by atomic mass is 32.2. The number of sulfonamides is 1. The van der Waals surface area contributed by atoms with Crippen molar-refractivity contribution < 1.29 is 27.1 Å². The minimum Gasteiger partial charge on any atom is -0.468 e. The van der Waals surface area contributed by atoms with Crippen molar-refractivity contribution in [3.63, 3.8) is 0 Å². The predicted octanol–water partition coefficient (Wildman–Crippen LogP) is 1.88. The molecule has 27 heavy (non-hydrogen) atoms. The maximum absolute atomic E-state index is 12.9. The lowest BCUT2D eigenvalue weighted by molar-refractivity contribution is -0.144. The number of ether oxygens (including phenoxy) is 2. The van der Waals surface area contributed by atoms with Crippen LogP contribution in [0.4, 0.5) is 4.39 Å². The normalized spacial score (nSPS) is 20.4. The van der Waals surface area contributed by atoms with Gasteiger partial charge < -0.3 is 15.2 Å². The van der Waals surface area contributed by atoms with Gasteiger partial charge in [-0.3, -0.25) is 4.79 Å². The maximum atomic E-state index is 12.9. The van der Waals surface area contributed by atoms with E-state index in [1.165, 1.54) is 55.6 Å². The van der Waals surface area contributed by atoms with Crippen LogP contribution in [-0.4, -0.2) is 44.4 Å². The highest BCUT2D eigenvalue weighted by Crippen LogP contribution is 2.28. The summed E-state index contributed by atoms with van der Waals surface area (Å²) in [5.41, 5.74) is 5.84. The molecule has 0 aliphatic carbocycles. The van der Waals surface area contributed by atoms with Gasteiger partial charge in [-0.05, 0) is 55.0 Å². The summed E-state index contributed by atoms with van der Waals surface area (Å²) in [6.45, 7) is 0.0376. The number of hydrogen-bond donors (Lipinski definition) is 1. The largest absolute Gasteiger partial charge is 0.468 e. The van der Waals surface area contributed by atoms with E-state index in [1.54, 1.807) is 0 Å². The first-order chi connectivity index (χ1) is 12.8. The van der Waals surface area contributed by atoms with Crippen LogP contribution in [0, 0.1) is 5.82 Å². The number of nitrogens with zero attached hydrogens (tertiary/aromatic N) is 1. The molecule has 3 rings (SSSR count). The van der Waals surface area contributed by atoms with Crippen LogP contribution in [0.15, 0.2) is 53.4 Å². The number of carbonyl (C=O) groups is 1. The van der Waals surface area contributed by atoms with Gasteiger partial charge in [-0.25, -0.2) is 12.8 Å². The fourth-order valence-electron chi connectivity index (χ4n) is 2.91. The van der Waals surface area contributed by atoms with Crippen molar-refractivity contribution in [2.45, 2.75) is 23.4 Å². The molecule has 0 aromatic heterocycles. The van der Waals surface area contributed by atoms with Crippen molar-refractivity contribution in [3.8, 4) is 11.5 Å². The number of hydrogen-bond acceptors (Lipinski definition) is 6. The van der Waals surface area contributed by atoms with Crippen LogP contribution in [0.25, 0.3) is 0 Å². The molecule has 0 radical (unpaired) electrons. The van der Waals surface area contributed by atoms with Crippen LogP contribution in [0.2, 0.25) is 0 Å². The minimum atomic E-state index is -3.92. The molecule has 0 spiro atoms. The van der Waals surface area contributed by atoms with E-state index < -0.39 is 28.1 Å². The third-order valence-corrected chi connectivity index (χ3v) is 6.13. The summed E-state index contributed by atoms with van der Waals surface area (Å²) in [6.07, 6.45) is 0.206. The molecule has 1 aliphatic rings. The average molecular weight is 394 g/mol. The zero-order valence-electron chi connectivity index (χ0n) is 14.5. The van der Waals surface area contributed by atoms with Gasteiger partial charge in [0.2, 0.25) is 10.0 Å². The van der Waals surface area contributed by atoms with Crippen molar-refractivity contribution >= 4 is 16.0 Å². The Kier molecular flexibility index (Phi) is 5.45. The molecule has 2 aromatic carbocycles. The van der Waals surface area contributed by atoms with Crippen LogP contribution < -0.4 is 10.5 Å². The fraction of sp³-hybridized carbons (Fsp3) is 0.278. The van der Waals surface area contributed by atoms with E-state index in [9.17, 15) is 17.6 Å². The summed E-state index contributed by atoms with van der Waals surface area (Å²) in [5.74, 6) is -0.206. The van der Waals surface area contributed by atoms with Gasteiger partial charge in [-0.1, -0.05) is 0 Å². The second-order valence-corrected chi connectivity index (χ2v) is 8.03. The Hall–Kier alpha value is -2.49. The topological polar surface area (TPSA) is 98.9 Å². The van der Waals surface area contributed by atoms with E-state index in [-0.39, 0.29) is 23.7 Å². The molecule has 2 aromatic rings. The average Bonchev–Trinajstić information content (AvgIpc) is 3.06. The first-order valence-electron chi connectivity index (χ1n) is 8.20. The number of esters is 1. The van der Waals surface area contributed by atoms with Crippen molar-refractivity contribution in [3.05, 3.63) is 54.3 Å². The molecule has 7 nitrogen and oxygen atoms in total. The van der Waals surface area contributed by atoms with E-state index in [2.05, 4.69) is 0 Å². The molecule has 1 aliphatic heterocycles. The fourth-order valence-corrected chi connectivity index (χ4v) is 4.55. The van der Waals surface area contributed by atoms with Crippen LogP contribution in [0.5, 0.6) is 11.5 Å². The van der Waals surface area contributed by atoms with E-state index in [0.29, 0.717) is 11.5 Å². The lowest BCUT2D eigenvalue weighted by Gasteiger charge is -2.22. The Bertz CT molecular complexity index is 916. The second kappa shape index (κ2) is 7.63. The molecular formula is C18H19FN2O5S. The molecule has 1 fully saturated rings. The Morgan fingerprint density at radius 2 is 1.67 bits per heavy atom. The molecule has 0 unspecified atom stereocenters. The predicted molar refractivity (Wildman–Crippen MR) is 95.2 cm³/mol. The van der Waals surface area contributed by atoms with E-state index >= 15 is 0 Å². The summed E-state index contributed by atoms with van der Waals surface area (Å²) in [6, 6.07) is 9.81. The highest BCUT2D eigenvalue weighted by molar-refractivity contribution is 7.89. The van der Waals surface area contributed by atoms with E-state index in [1.807, 2.05) is 0 Å². The van der Waals surface area contributed by atoms with Gasteiger partial charge in [0.05, 0.1) is 12.0 Å². The molecule has 0 saturated carbocycles. The number of nitrogens with two attached hydrogens (primary N) is 1. The third kappa shape index (κ3) is 4.10. The monoisotopic (exact) mass is 394 g/mol. The number of methoxy groups -OCH3 is 1. The van der Waals surface area contributed by atoms with Crippen LogP contribution in [-0.2, 0) is 19.6 Å². The van der Waals surface area contributed by atoms with Crippen molar-refractivity contribution in [1.29, 1.82) is 0 Å². The number of carbonyl (C=O) groups excluding carboxylic acids is 1. The van der Waals surface area contributed by atoms with Crippen molar-refractivity contribution in [1.82, 2.24) is 4.31 Å². The molecule has 144 valence electrons. The molecule has 0 bridgehead atoms. The first kappa shape index (κ1) is 19.3. The lowest BCUT2D eigenvalue weighted by Crippen LogP contribution is -2.41. The standard InChI is InChI=1S/C18H19FN2O5S/c1-25-18(22)17-10-13(20)11-21(17)27(23,24)16-8-6-15(7-9-16)26-14-4-2-12(19)3-5-14/h2-9,13,17H,10-11,20H2,1H3/t13-,17+/m0/s1. The van der Waals surface area contributed by atoms with Gasteiger partial charge in [-0.2, -0.15) is 4.31 Å². The molecule has 2 N–H and O–H groups in total. The molecule has 1 heterocycles. The van der Waals surface area contributed by atoms with Crippen molar-refractivity contribution in [2.24, 2.45) is 5.73 Å². The van der Waals surface area contributed by atoms with Gasteiger partial charge in [0.25, 0.3) is 0 Å². The van der Waals surface area contributed by atoms with Crippen LogP contribution >= 0.6 is 0 Å². The maximum Gasteiger partial charge on any atom is 0.324 e. The van der Waals surface area contributed by atoms with Gasteiger partial charge in [0, 0.05) is 12.6 Å². The quantitative estimate of drug-likeness (QED) is 0.778. The zero-order chi connectivity index (χ0) is 19.6. The Morgan fingerprint density at radius 3 is 2.22 bits per heavy atom. The smallest absolute Gasteiger partial charge is 0.324 e. The summed E-state index contributed by atoms with van der Waals surface area (Å²) >= 11 is 0. The summed E-state index contributed by atoms with van der Waals surface area (Å²) in [4.78, 5) is 11.9. The third-order valence-electron chi connectivity index (χ3n) is 4.24. The van der Waals surface area contributed by atoms with Crippen LogP contribution in [0.3, 0.4) is 0 Å². The van der Waals surface area contributed by atoms with Gasteiger partial charge in [0.1, 0.15) is 23.4 Å². The van der Waals surface area contributed by atoms with Gasteiger partial charge >= 0.3 is 5.97 Å². The number of rotatable bonds is 5. The second-order valence-electron chi connectivity index (χ2n) is 6.14. The van der Waals surface area contributed by atoms with E-state index in [4.69, 9.17) is 15.2 Å². The summed E-state index contributed by atoms with van der Waals surface area (Å²) in [5, 5.41) is 0. The molecule has 9 heteroatoms. The zero-order valence-corrected chi connectivity index (χ0v) is 15.4. The number of benzene rings is 2. The Morgan fingerprint density at radius 1 is 1.11 bits per heavy atom. The lowest BCUT2D eigenvalue weighted by atomic mass is 10.2. The minimum absolute atomic E-state index is 0.0111.